The first kappa shape index (κ1) is 27.8. The lowest BCUT2D eigenvalue weighted by Gasteiger charge is -2.05. The van der Waals surface area contributed by atoms with Crippen LogP contribution < -0.4 is 5.32 Å². The zero-order valence-corrected chi connectivity index (χ0v) is 18.3. The van der Waals surface area contributed by atoms with Gasteiger partial charge in [-0.2, -0.15) is 0 Å². The van der Waals surface area contributed by atoms with E-state index in [1.165, 1.54) is 64.5 Å². The van der Waals surface area contributed by atoms with E-state index >= 15 is 0 Å². The van der Waals surface area contributed by atoms with Gasteiger partial charge in [0.25, 0.3) is 0 Å². The summed E-state index contributed by atoms with van der Waals surface area (Å²) in [5, 5.41) is 3.27. The molecule has 0 radical (unpaired) electrons. The first-order chi connectivity index (χ1) is 10.8. The maximum Gasteiger partial charge on any atom is -0.00227 e. The van der Waals surface area contributed by atoms with Crippen LogP contribution in [0, 0.1) is 17.8 Å². The first-order valence-electron chi connectivity index (χ1n) is 10.6. The van der Waals surface area contributed by atoms with E-state index in [9.17, 15) is 0 Å². The molecule has 0 spiro atoms. The van der Waals surface area contributed by atoms with Gasteiger partial charge in [0.05, 0.1) is 0 Å². The molecule has 0 aromatic rings. The van der Waals surface area contributed by atoms with Crippen molar-refractivity contribution < 1.29 is 0 Å². The molecule has 0 aromatic heterocycles. The number of nitrogens with one attached hydrogen (secondary N) is 1. The van der Waals surface area contributed by atoms with Gasteiger partial charge < -0.3 is 5.32 Å². The number of hydrogen-bond acceptors (Lipinski definition) is 1. The Kier molecular flexibility index (Phi) is 29.3. The van der Waals surface area contributed by atoms with Crippen LogP contribution in [0.25, 0.3) is 0 Å². The van der Waals surface area contributed by atoms with E-state index in [1.807, 2.05) is 0 Å². The Balaban J connectivity index is -0.000000248. The molecule has 0 aromatic carbocycles. The lowest BCUT2D eigenvalue weighted by atomic mass is 10.0. The minimum Gasteiger partial charge on any atom is -0.316 e. The second-order valence-electron chi connectivity index (χ2n) is 7.84. The van der Waals surface area contributed by atoms with E-state index in [0.717, 1.165) is 17.8 Å². The fourth-order valence-electron chi connectivity index (χ4n) is 1.75. The zero-order chi connectivity index (χ0) is 18.5. The molecule has 1 rings (SSSR count). The van der Waals surface area contributed by atoms with Gasteiger partial charge in [-0.1, -0.05) is 107 Å². The third-order valence-electron chi connectivity index (χ3n) is 3.80. The molecule has 1 N–H and O–H groups in total. The van der Waals surface area contributed by atoms with E-state index < -0.39 is 0 Å². The maximum atomic E-state index is 3.27. The topological polar surface area (TPSA) is 12.0 Å². The maximum absolute atomic E-state index is 3.27. The van der Waals surface area contributed by atoms with Crippen molar-refractivity contribution in [1.82, 2.24) is 5.32 Å². The van der Waals surface area contributed by atoms with Crippen molar-refractivity contribution in [2.24, 2.45) is 17.8 Å². The lowest BCUT2D eigenvalue weighted by molar-refractivity contribution is 0.482. The fraction of sp³-hybridized carbons (Fsp3) is 1.00. The van der Waals surface area contributed by atoms with Gasteiger partial charge in [0.2, 0.25) is 0 Å². The normalized spacial score (nSPS) is 17.2. The average molecular weight is 330 g/mol. The molecule has 1 saturated heterocycles. The van der Waals surface area contributed by atoms with Gasteiger partial charge in [0.1, 0.15) is 0 Å². The summed E-state index contributed by atoms with van der Waals surface area (Å²) in [6.07, 6.45) is 11.0. The predicted octanol–water partition coefficient (Wildman–Crippen LogP) is 7.70. The van der Waals surface area contributed by atoms with Gasteiger partial charge >= 0.3 is 0 Å². The Morgan fingerprint density at radius 1 is 0.870 bits per heavy atom. The highest BCUT2D eigenvalue weighted by atomic mass is 14.9. The Labute approximate surface area is 150 Å². The quantitative estimate of drug-likeness (QED) is 0.492. The van der Waals surface area contributed by atoms with Crippen LogP contribution in [0.1, 0.15) is 114 Å². The Morgan fingerprint density at radius 3 is 1.61 bits per heavy atom. The number of hydrogen-bond donors (Lipinski definition) is 1. The Bertz CT molecular complexity index is 166. The smallest absolute Gasteiger partial charge is 0.00227 e. The highest BCUT2D eigenvalue weighted by Crippen LogP contribution is 2.11. The Morgan fingerprint density at radius 2 is 1.39 bits per heavy atom. The van der Waals surface area contributed by atoms with Crippen molar-refractivity contribution in [2.75, 3.05) is 13.1 Å². The second-order valence-corrected chi connectivity index (χ2v) is 7.84. The highest BCUT2D eigenvalue weighted by Gasteiger charge is 2.06. The van der Waals surface area contributed by atoms with Crippen LogP contribution in [0.3, 0.4) is 0 Å². The molecule has 2 unspecified atom stereocenters. The van der Waals surface area contributed by atoms with Crippen molar-refractivity contribution in [2.45, 2.75) is 114 Å². The minimum atomic E-state index is 0.833. The summed E-state index contributed by atoms with van der Waals surface area (Å²) in [4.78, 5) is 0. The van der Waals surface area contributed by atoms with Gasteiger partial charge in [0.15, 0.2) is 0 Å². The van der Waals surface area contributed by atoms with Gasteiger partial charge in [-0.3, -0.25) is 0 Å². The van der Waals surface area contributed by atoms with Crippen molar-refractivity contribution in [3.63, 3.8) is 0 Å². The van der Waals surface area contributed by atoms with E-state index in [-0.39, 0.29) is 0 Å². The van der Waals surface area contributed by atoms with Gasteiger partial charge in [-0.05, 0) is 37.3 Å². The van der Waals surface area contributed by atoms with Crippen molar-refractivity contribution in [3.8, 4) is 0 Å². The van der Waals surface area contributed by atoms with Gasteiger partial charge in [0, 0.05) is 0 Å². The Hall–Kier alpha value is -0.0400. The van der Waals surface area contributed by atoms with E-state index in [0.29, 0.717) is 0 Å². The molecule has 1 aliphatic heterocycles. The second kappa shape index (κ2) is 24.2. The summed E-state index contributed by atoms with van der Waals surface area (Å²) < 4.78 is 0. The van der Waals surface area contributed by atoms with Crippen LogP contribution in [0.2, 0.25) is 0 Å². The third-order valence-corrected chi connectivity index (χ3v) is 3.80. The highest BCUT2D eigenvalue weighted by molar-refractivity contribution is 4.65. The van der Waals surface area contributed by atoms with Crippen molar-refractivity contribution >= 4 is 0 Å². The molecule has 2 atom stereocenters. The first-order valence-corrected chi connectivity index (χ1v) is 10.6. The van der Waals surface area contributed by atoms with Gasteiger partial charge in [-0.15, -0.1) is 0 Å². The largest absolute Gasteiger partial charge is 0.316 e. The molecular formula is C22H51N. The molecule has 0 amide bonds. The van der Waals surface area contributed by atoms with Crippen LogP contribution in [-0.2, 0) is 0 Å². The van der Waals surface area contributed by atoms with E-state index in [2.05, 4.69) is 67.6 Å². The molecule has 0 saturated carbocycles. The summed E-state index contributed by atoms with van der Waals surface area (Å²) >= 11 is 0. The molecule has 144 valence electrons. The molecule has 0 aliphatic carbocycles. The van der Waals surface area contributed by atoms with Crippen LogP contribution in [0.5, 0.6) is 0 Å². The number of rotatable bonds is 6. The number of unbranched alkanes of at least 4 members (excludes halogenated alkanes) is 3. The average Bonchev–Trinajstić information content (AvgIpc) is 2.98. The third kappa shape index (κ3) is 39.1. The standard InChI is InChI=1S/C9H20.C5H11N.2C4H10/c1-4-6-7-8-9(3)5-2;1-5-2-3-6-4-5;1-4(2)3;1-3-4-2/h9H,4-8H2,1-3H3;5-6H,2-4H2,1H3;4H,1-3H3;3-4H2,1-2H3. The fourth-order valence-corrected chi connectivity index (χ4v) is 1.75. The summed E-state index contributed by atoms with van der Waals surface area (Å²) in [6.45, 7) is 22.5. The molecule has 1 aliphatic rings. The summed E-state index contributed by atoms with van der Waals surface area (Å²) in [7, 11) is 0. The lowest BCUT2D eigenvalue weighted by Crippen LogP contribution is -2.06. The molecule has 23 heavy (non-hydrogen) atoms. The molecule has 1 heterocycles. The molecule has 0 bridgehead atoms. The van der Waals surface area contributed by atoms with Crippen molar-refractivity contribution in [1.29, 1.82) is 0 Å². The summed E-state index contributed by atoms with van der Waals surface area (Å²) in [5.74, 6) is 2.72. The van der Waals surface area contributed by atoms with Crippen LogP contribution in [-0.4, -0.2) is 13.1 Å². The monoisotopic (exact) mass is 329 g/mol. The van der Waals surface area contributed by atoms with Gasteiger partial charge in [-0.25, -0.2) is 0 Å². The zero-order valence-electron chi connectivity index (χ0n) is 18.3. The van der Waals surface area contributed by atoms with E-state index in [4.69, 9.17) is 0 Å². The molecule has 1 fully saturated rings. The van der Waals surface area contributed by atoms with Crippen LogP contribution in [0.4, 0.5) is 0 Å². The van der Waals surface area contributed by atoms with E-state index in [1.54, 1.807) is 0 Å². The SMILES string of the molecule is CC(C)C.CC1CCNC1.CCCC.CCCCCC(C)CC. The predicted molar refractivity (Wildman–Crippen MR) is 111 cm³/mol. The van der Waals surface area contributed by atoms with Crippen molar-refractivity contribution in [3.05, 3.63) is 0 Å². The van der Waals surface area contributed by atoms with Crippen LogP contribution in [0.15, 0.2) is 0 Å². The molecule has 1 heteroatoms. The molecular weight excluding hydrogens is 278 g/mol. The summed E-state index contributed by atoms with van der Waals surface area (Å²) in [5.41, 5.74) is 0. The van der Waals surface area contributed by atoms with Crippen LogP contribution >= 0.6 is 0 Å². The molecule has 1 nitrogen and oxygen atoms in total. The minimum absolute atomic E-state index is 0.833. The summed E-state index contributed by atoms with van der Waals surface area (Å²) in [6, 6.07) is 0.